The topological polar surface area (TPSA) is 99.5 Å². The summed E-state index contributed by atoms with van der Waals surface area (Å²) < 4.78 is 70.4. The first-order chi connectivity index (χ1) is 25.8. The van der Waals surface area contributed by atoms with Gasteiger partial charge in [0.15, 0.2) is 5.69 Å². The molecule has 1 aromatic heterocycles. The van der Waals surface area contributed by atoms with Crippen molar-refractivity contribution in [2.75, 3.05) is 13.1 Å². The molecule has 3 aromatic carbocycles. The molecule has 2 aliphatic carbocycles. The van der Waals surface area contributed by atoms with Crippen LogP contribution >= 0.6 is 0 Å². The van der Waals surface area contributed by atoms with Gasteiger partial charge in [0.2, 0.25) is 0 Å². The molecule has 2 aliphatic rings. The highest BCUT2D eigenvalue weighted by Crippen LogP contribution is 2.46. The van der Waals surface area contributed by atoms with Crippen molar-refractivity contribution in [3.05, 3.63) is 124 Å². The zero-order chi connectivity index (χ0) is 38.5. The fraction of sp³-hybridized carbons (Fsp3) is 0.439. The van der Waals surface area contributed by atoms with E-state index in [1.807, 2.05) is 35.2 Å². The van der Waals surface area contributed by atoms with Crippen LogP contribution in [0.25, 0.3) is 0 Å². The van der Waals surface area contributed by atoms with Gasteiger partial charge >= 0.3 is 6.18 Å². The molecule has 0 aliphatic heterocycles. The number of aliphatic hydroxyl groups excluding tert-OH is 1. The van der Waals surface area contributed by atoms with Crippen molar-refractivity contribution in [3.63, 3.8) is 0 Å². The second-order valence-electron chi connectivity index (χ2n) is 14.5. The summed E-state index contributed by atoms with van der Waals surface area (Å²) in [6, 6.07) is 17.8. The third-order valence-electron chi connectivity index (χ3n) is 10.2. The number of aromatic nitrogens is 2. The summed E-state index contributed by atoms with van der Waals surface area (Å²) in [7, 11) is 0. The van der Waals surface area contributed by atoms with Gasteiger partial charge in [-0.2, -0.15) is 18.3 Å². The number of unbranched alkanes of at least 4 members (excludes halogenated alkanes) is 3. The number of hydrogen-bond acceptors (Lipinski definition) is 5. The molecule has 288 valence electrons. The fourth-order valence-corrected chi connectivity index (χ4v) is 6.91. The van der Waals surface area contributed by atoms with Gasteiger partial charge in [0.05, 0.1) is 24.3 Å². The molecule has 4 aromatic rings. The molecule has 0 unspecified atom stereocenters. The minimum atomic E-state index is -4.52. The predicted octanol–water partition coefficient (Wildman–Crippen LogP) is 7.39. The largest absolute Gasteiger partial charge is 0.416 e. The van der Waals surface area contributed by atoms with Crippen LogP contribution in [0.2, 0.25) is 0 Å². The number of aliphatic hydroxyl groups is 1. The normalized spacial score (nSPS) is 16.1. The summed E-state index contributed by atoms with van der Waals surface area (Å²) in [5.74, 6) is -2.60. The Labute approximate surface area is 311 Å². The van der Waals surface area contributed by atoms with E-state index in [0.29, 0.717) is 31.0 Å². The van der Waals surface area contributed by atoms with E-state index in [0.717, 1.165) is 68.4 Å². The average Bonchev–Trinajstić information content (AvgIpc) is 4.08. The van der Waals surface area contributed by atoms with Crippen molar-refractivity contribution in [1.82, 2.24) is 25.3 Å². The number of alkyl halides is 3. The van der Waals surface area contributed by atoms with Crippen molar-refractivity contribution in [2.45, 2.75) is 101 Å². The number of benzene rings is 3. The quantitative estimate of drug-likeness (QED) is 0.0728. The minimum Gasteiger partial charge on any atom is -0.390 e. The van der Waals surface area contributed by atoms with Crippen LogP contribution in [-0.2, 0) is 24.7 Å². The fourth-order valence-electron chi connectivity index (χ4n) is 6.91. The first kappa shape index (κ1) is 39.1. The molecule has 6 rings (SSSR count). The number of hydrogen-bond donors (Lipinski definition) is 3. The zero-order valence-electron chi connectivity index (χ0n) is 30.2. The molecule has 2 saturated carbocycles. The van der Waals surface area contributed by atoms with Crippen LogP contribution in [-0.4, -0.2) is 62.9 Å². The van der Waals surface area contributed by atoms with E-state index in [-0.39, 0.29) is 48.4 Å². The van der Waals surface area contributed by atoms with E-state index in [1.54, 1.807) is 6.07 Å². The number of carbonyl (C=O) groups excluding carboxylic acids is 2. The van der Waals surface area contributed by atoms with Gasteiger partial charge in [0.1, 0.15) is 17.3 Å². The lowest BCUT2D eigenvalue weighted by Gasteiger charge is -2.27. The number of nitrogens with one attached hydrogen (secondary N) is 2. The van der Waals surface area contributed by atoms with E-state index in [2.05, 4.69) is 22.7 Å². The second kappa shape index (κ2) is 16.8. The van der Waals surface area contributed by atoms with Crippen molar-refractivity contribution >= 4 is 11.8 Å². The van der Waals surface area contributed by atoms with Crippen molar-refractivity contribution < 1.29 is 36.6 Å². The summed E-state index contributed by atoms with van der Waals surface area (Å²) in [5.41, 5.74) is 0.0342. The van der Waals surface area contributed by atoms with Crippen LogP contribution in [0.5, 0.6) is 0 Å². The van der Waals surface area contributed by atoms with Crippen LogP contribution in [0.4, 0.5) is 22.0 Å². The molecular weight excluding hydrogens is 705 g/mol. The SMILES string of the molecule is CCCCCCN(C(=O)c1cc(C(=O)N[C@@H](Cc2cc(F)cc(F)c2)[C@H](O)CNC2(c3cccc(C(F)(F)F)c3)CC2)nn1Cc1ccccc1)C1CC1. The Balaban J connectivity index is 1.24. The molecular formula is C41H46F5N5O3. The lowest BCUT2D eigenvalue weighted by molar-refractivity contribution is -0.137. The van der Waals surface area contributed by atoms with Gasteiger partial charge in [-0.1, -0.05) is 68.7 Å². The highest BCUT2D eigenvalue weighted by atomic mass is 19.4. The zero-order valence-corrected chi connectivity index (χ0v) is 30.2. The molecule has 2 fully saturated rings. The molecule has 2 amide bonds. The van der Waals surface area contributed by atoms with E-state index in [9.17, 15) is 36.6 Å². The number of nitrogens with zero attached hydrogens (tertiary/aromatic N) is 3. The maximum absolute atomic E-state index is 14.2. The molecule has 0 radical (unpaired) electrons. The average molecular weight is 752 g/mol. The van der Waals surface area contributed by atoms with Gasteiger partial charge in [0, 0.05) is 36.8 Å². The number of carbonyl (C=O) groups is 2. The Bertz CT molecular complexity index is 1890. The highest BCUT2D eigenvalue weighted by Gasteiger charge is 2.45. The standard InChI is InChI=1S/C41H46F5N5O3/c1-2-3-4-8-18-50(33-14-15-33)39(54)36-24-35(49-51(36)26-27-10-6-5-7-11-27)38(53)48-34(21-28-19-31(42)23-32(43)20-28)37(52)25-47-40(16-17-40)29-12-9-13-30(22-29)41(44,45)46/h5-7,9-13,19-20,22-24,33-34,37,47,52H,2-4,8,14-18,21,25-26H2,1H3,(H,48,53)/t34-,37+/m0/s1. The van der Waals surface area contributed by atoms with Crippen molar-refractivity contribution in [1.29, 1.82) is 0 Å². The summed E-state index contributed by atoms with van der Waals surface area (Å²) in [4.78, 5) is 29.9. The van der Waals surface area contributed by atoms with Gasteiger partial charge in [-0.3, -0.25) is 14.3 Å². The Morgan fingerprint density at radius 2 is 1.67 bits per heavy atom. The van der Waals surface area contributed by atoms with Crippen LogP contribution in [0.15, 0.2) is 78.9 Å². The molecule has 0 saturated heterocycles. The van der Waals surface area contributed by atoms with Crippen LogP contribution in [0.3, 0.4) is 0 Å². The number of rotatable bonds is 18. The summed E-state index contributed by atoms with van der Waals surface area (Å²) in [6.07, 6.45) is 0.817. The Hall–Kier alpha value is -4.62. The van der Waals surface area contributed by atoms with Crippen LogP contribution in [0.1, 0.15) is 102 Å². The molecule has 3 N–H and O–H groups in total. The monoisotopic (exact) mass is 751 g/mol. The smallest absolute Gasteiger partial charge is 0.390 e. The van der Waals surface area contributed by atoms with E-state index in [4.69, 9.17) is 0 Å². The molecule has 0 bridgehead atoms. The van der Waals surface area contributed by atoms with E-state index < -0.39 is 47.0 Å². The molecule has 1 heterocycles. The lowest BCUT2D eigenvalue weighted by Crippen LogP contribution is -2.50. The van der Waals surface area contributed by atoms with Gasteiger partial charge in [-0.25, -0.2) is 8.78 Å². The van der Waals surface area contributed by atoms with E-state index >= 15 is 0 Å². The molecule has 8 nitrogen and oxygen atoms in total. The number of amides is 2. The first-order valence-corrected chi connectivity index (χ1v) is 18.6. The lowest BCUT2D eigenvalue weighted by atomic mass is 9.98. The summed E-state index contributed by atoms with van der Waals surface area (Å²) >= 11 is 0. The van der Waals surface area contributed by atoms with Crippen LogP contribution in [0, 0.1) is 11.6 Å². The second-order valence-corrected chi connectivity index (χ2v) is 14.5. The Morgan fingerprint density at radius 1 is 0.944 bits per heavy atom. The van der Waals surface area contributed by atoms with Crippen LogP contribution < -0.4 is 10.6 Å². The van der Waals surface area contributed by atoms with Crippen molar-refractivity contribution in [3.8, 4) is 0 Å². The molecule has 0 spiro atoms. The van der Waals surface area contributed by atoms with E-state index in [1.165, 1.54) is 16.8 Å². The first-order valence-electron chi connectivity index (χ1n) is 18.6. The molecule has 54 heavy (non-hydrogen) atoms. The van der Waals surface area contributed by atoms with Gasteiger partial charge in [-0.05, 0) is 79.5 Å². The third-order valence-corrected chi connectivity index (χ3v) is 10.2. The maximum Gasteiger partial charge on any atom is 0.416 e. The van der Waals surface area contributed by atoms with Gasteiger partial charge in [0.25, 0.3) is 11.8 Å². The minimum absolute atomic E-state index is 0.0748. The Kier molecular flexibility index (Phi) is 12.2. The number of halogens is 5. The maximum atomic E-state index is 14.2. The highest BCUT2D eigenvalue weighted by molar-refractivity contribution is 5.98. The summed E-state index contributed by atoms with van der Waals surface area (Å²) in [6.45, 7) is 2.79. The predicted molar refractivity (Wildman–Crippen MR) is 194 cm³/mol. The Morgan fingerprint density at radius 3 is 2.31 bits per heavy atom. The van der Waals surface area contributed by atoms with Gasteiger partial charge < -0.3 is 20.6 Å². The molecule has 2 atom stereocenters. The van der Waals surface area contributed by atoms with Gasteiger partial charge in [-0.15, -0.1) is 0 Å². The molecule has 13 heteroatoms. The van der Waals surface area contributed by atoms with Crippen molar-refractivity contribution in [2.24, 2.45) is 0 Å². The summed E-state index contributed by atoms with van der Waals surface area (Å²) in [5, 5.41) is 22.0. The third kappa shape index (κ3) is 9.92.